The first kappa shape index (κ1) is 27.2. The zero-order valence-electron chi connectivity index (χ0n) is 21.1. The SMILES string of the molecule is CCOC(=O)C(CCc1ccccc1)NC(C)C(=O)C1NC(C(=O)O)Cc2cc(OC)c(OC)cc21. The molecule has 0 aliphatic carbocycles. The highest BCUT2D eigenvalue weighted by Crippen LogP contribution is 2.37. The second kappa shape index (κ2) is 12.5. The Labute approximate surface area is 211 Å². The molecule has 1 aliphatic heterocycles. The summed E-state index contributed by atoms with van der Waals surface area (Å²) in [6.07, 6.45) is 1.26. The zero-order valence-corrected chi connectivity index (χ0v) is 21.1. The number of esters is 1. The molecule has 0 saturated heterocycles. The minimum absolute atomic E-state index is 0.194. The molecule has 36 heavy (non-hydrogen) atoms. The van der Waals surface area contributed by atoms with Crippen molar-refractivity contribution in [2.75, 3.05) is 20.8 Å². The largest absolute Gasteiger partial charge is 0.493 e. The van der Waals surface area contributed by atoms with E-state index in [1.165, 1.54) is 14.2 Å². The van der Waals surface area contributed by atoms with E-state index in [9.17, 15) is 19.5 Å². The molecule has 0 spiro atoms. The van der Waals surface area contributed by atoms with E-state index in [-0.39, 0.29) is 18.8 Å². The third kappa shape index (κ3) is 6.41. The summed E-state index contributed by atoms with van der Waals surface area (Å²) >= 11 is 0. The highest BCUT2D eigenvalue weighted by molar-refractivity contribution is 5.92. The zero-order chi connectivity index (χ0) is 26.2. The van der Waals surface area contributed by atoms with E-state index in [2.05, 4.69) is 10.6 Å². The van der Waals surface area contributed by atoms with Crippen LogP contribution in [0.5, 0.6) is 11.5 Å². The van der Waals surface area contributed by atoms with Crippen LogP contribution in [0, 0.1) is 0 Å². The van der Waals surface area contributed by atoms with Crippen LogP contribution in [0.15, 0.2) is 42.5 Å². The van der Waals surface area contributed by atoms with Gasteiger partial charge in [0, 0.05) is 0 Å². The number of nitrogens with one attached hydrogen (secondary N) is 2. The summed E-state index contributed by atoms with van der Waals surface area (Å²) in [5.41, 5.74) is 2.39. The van der Waals surface area contributed by atoms with Crippen LogP contribution in [0.3, 0.4) is 0 Å². The lowest BCUT2D eigenvalue weighted by Crippen LogP contribution is -2.53. The Hall–Kier alpha value is -3.43. The molecule has 0 saturated carbocycles. The Kier molecular flexibility index (Phi) is 9.44. The number of aliphatic carboxylic acids is 1. The molecule has 3 N–H and O–H groups in total. The normalized spacial score (nSPS) is 18.4. The van der Waals surface area contributed by atoms with Gasteiger partial charge >= 0.3 is 11.9 Å². The lowest BCUT2D eigenvalue weighted by Gasteiger charge is -2.33. The van der Waals surface area contributed by atoms with Crippen LogP contribution in [0.1, 0.15) is 43.0 Å². The molecular weight excluding hydrogens is 464 g/mol. The van der Waals surface area contributed by atoms with Crippen LogP contribution in [0.4, 0.5) is 0 Å². The Morgan fingerprint density at radius 2 is 1.78 bits per heavy atom. The maximum Gasteiger partial charge on any atom is 0.323 e. The van der Waals surface area contributed by atoms with E-state index < -0.39 is 36.1 Å². The number of methoxy groups -OCH3 is 2. The molecule has 4 unspecified atom stereocenters. The van der Waals surface area contributed by atoms with E-state index in [1.54, 1.807) is 26.0 Å². The fraction of sp³-hybridized carbons (Fsp3) is 0.444. The number of benzene rings is 2. The number of hydrogen-bond acceptors (Lipinski definition) is 8. The summed E-state index contributed by atoms with van der Waals surface area (Å²) in [6.45, 7) is 3.63. The van der Waals surface area contributed by atoms with Crippen LogP contribution in [-0.2, 0) is 32.0 Å². The molecule has 2 aromatic carbocycles. The fourth-order valence-electron chi connectivity index (χ4n) is 4.45. The van der Waals surface area contributed by atoms with Crippen molar-refractivity contribution in [1.82, 2.24) is 10.6 Å². The number of carboxylic acid groups (broad SMARTS) is 1. The van der Waals surface area contributed by atoms with Gasteiger partial charge in [-0.2, -0.15) is 0 Å². The number of rotatable bonds is 12. The maximum absolute atomic E-state index is 13.6. The van der Waals surface area contributed by atoms with Gasteiger partial charge in [0.15, 0.2) is 17.3 Å². The average molecular weight is 499 g/mol. The second-order valence-electron chi connectivity index (χ2n) is 8.72. The van der Waals surface area contributed by atoms with Gasteiger partial charge in [0.05, 0.1) is 32.9 Å². The van der Waals surface area contributed by atoms with Crippen molar-refractivity contribution in [1.29, 1.82) is 0 Å². The molecule has 0 fully saturated rings. The number of ketones is 1. The quantitative estimate of drug-likeness (QED) is 0.379. The molecule has 0 amide bonds. The molecule has 9 nitrogen and oxygen atoms in total. The molecule has 9 heteroatoms. The molecular formula is C27H34N2O7. The molecule has 0 radical (unpaired) electrons. The van der Waals surface area contributed by atoms with Gasteiger partial charge in [0.1, 0.15) is 12.1 Å². The van der Waals surface area contributed by atoms with Gasteiger partial charge in [0.25, 0.3) is 0 Å². The standard InChI is InChI=1S/C27H34N2O7/c1-5-36-27(33)20(12-11-17-9-7-6-8-10-17)28-16(2)25(30)24-19-15-23(35-4)22(34-3)14-18(19)13-21(29-24)26(31)32/h6-10,14-16,20-21,24,28-29H,5,11-13H2,1-4H3,(H,31,32). The minimum Gasteiger partial charge on any atom is -0.493 e. The lowest BCUT2D eigenvalue weighted by molar-refractivity contribution is -0.146. The number of ether oxygens (including phenoxy) is 3. The minimum atomic E-state index is -1.05. The molecule has 1 aliphatic rings. The van der Waals surface area contributed by atoms with Crippen molar-refractivity contribution in [3.63, 3.8) is 0 Å². The molecule has 3 rings (SSSR count). The number of hydrogen-bond donors (Lipinski definition) is 3. The number of fused-ring (bicyclic) bond motifs is 1. The van der Waals surface area contributed by atoms with E-state index in [0.717, 1.165) is 5.56 Å². The van der Waals surface area contributed by atoms with E-state index in [1.807, 2.05) is 30.3 Å². The molecule has 194 valence electrons. The topological polar surface area (TPSA) is 123 Å². The number of carbonyl (C=O) groups excluding carboxylic acids is 2. The van der Waals surface area contributed by atoms with Gasteiger partial charge in [-0.3, -0.25) is 25.0 Å². The van der Waals surface area contributed by atoms with Gasteiger partial charge < -0.3 is 19.3 Å². The fourth-order valence-corrected chi connectivity index (χ4v) is 4.45. The van der Waals surface area contributed by atoms with Gasteiger partial charge in [-0.25, -0.2) is 0 Å². The van der Waals surface area contributed by atoms with E-state index in [0.29, 0.717) is 35.5 Å². The monoisotopic (exact) mass is 498 g/mol. The number of aryl methyl sites for hydroxylation is 1. The van der Waals surface area contributed by atoms with Crippen molar-refractivity contribution in [2.24, 2.45) is 0 Å². The Bertz CT molecular complexity index is 1070. The third-order valence-electron chi connectivity index (χ3n) is 6.34. The first-order valence-electron chi connectivity index (χ1n) is 12.0. The lowest BCUT2D eigenvalue weighted by atomic mass is 9.86. The summed E-state index contributed by atoms with van der Waals surface area (Å²) < 4.78 is 16.0. The summed E-state index contributed by atoms with van der Waals surface area (Å²) in [5.74, 6) is -0.870. The average Bonchev–Trinajstić information content (AvgIpc) is 2.89. The summed E-state index contributed by atoms with van der Waals surface area (Å²) in [5, 5.41) is 15.8. The predicted molar refractivity (Wildman–Crippen MR) is 133 cm³/mol. The molecule has 2 aromatic rings. The van der Waals surface area contributed by atoms with Crippen LogP contribution in [0.25, 0.3) is 0 Å². The number of carbonyl (C=O) groups is 3. The number of carboxylic acids is 1. The molecule has 0 bridgehead atoms. The van der Waals surface area contributed by atoms with Gasteiger partial charge in [0.2, 0.25) is 0 Å². The second-order valence-corrected chi connectivity index (χ2v) is 8.72. The van der Waals surface area contributed by atoms with Crippen molar-refractivity contribution in [2.45, 2.75) is 57.3 Å². The molecule has 0 aromatic heterocycles. The van der Waals surface area contributed by atoms with Crippen molar-refractivity contribution in [3.05, 3.63) is 59.2 Å². The van der Waals surface area contributed by atoms with E-state index >= 15 is 0 Å². The van der Waals surface area contributed by atoms with Gasteiger partial charge in [-0.05, 0) is 61.9 Å². The predicted octanol–water partition coefficient (Wildman–Crippen LogP) is 2.46. The van der Waals surface area contributed by atoms with Crippen LogP contribution in [-0.4, -0.2) is 61.8 Å². The maximum atomic E-state index is 13.6. The van der Waals surface area contributed by atoms with Crippen LogP contribution < -0.4 is 20.1 Å². The highest BCUT2D eigenvalue weighted by atomic mass is 16.5. The first-order chi connectivity index (χ1) is 17.3. The van der Waals surface area contributed by atoms with Crippen molar-refractivity contribution < 1.29 is 33.7 Å². The Morgan fingerprint density at radius 1 is 1.11 bits per heavy atom. The summed E-state index contributed by atoms with van der Waals surface area (Å²) in [6, 6.07) is 9.84. The van der Waals surface area contributed by atoms with Gasteiger partial charge in [-0.1, -0.05) is 30.3 Å². The Balaban J connectivity index is 1.84. The summed E-state index contributed by atoms with van der Waals surface area (Å²) in [4.78, 5) is 38.1. The third-order valence-corrected chi connectivity index (χ3v) is 6.34. The number of Topliss-reactive ketones (excluding diaryl/α,β-unsaturated/α-hetero) is 1. The first-order valence-corrected chi connectivity index (χ1v) is 12.0. The van der Waals surface area contributed by atoms with Crippen LogP contribution in [0.2, 0.25) is 0 Å². The van der Waals surface area contributed by atoms with Crippen LogP contribution >= 0.6 is 0 Å². The molecule has 4 atom stereocenters. The summed E-state index contributed by atoms with van der Waals surface area (Å²) in [7, 11) is 3.00. The highest BCUT2D eigenvalue weighted by Gasteiger charge is 2.38. The smallest absolute Gasteiger partial charge is 0.323 e. The van der Waals surface area contributed by atoms with Crippen molar-refractivity contribution >= 4 is 17.7 Å². The van der Waals surface area contributed by atoms with E-state index in [4.69, 9.17) is 14.2 Å². The van der Waals surface area contributed by atoms with Crippen molar-refractivity contribution in [3.8, 4) is 11.5 Å². The molecule has 1 heterocycles. The van der Waals surface area contributed by atoms with Gasteiger partial charge in [-0.15, -0.1) is 0 Å². The Morgan fingerprint density at radius 3 is 2.39 bits per heavy atom.